The van der Waals surface area contributed by atoms with Gasteiger partial charge in [0.25, 0.3) is 5.91 Å². The molecular weight excluding hydrogens is 318 g/mol. The first-order valence-corrected chi connectivity index (χ1v) is 8.61. The molecule has 0 fully saturated rings. The molecule has 25 heavy (non-hydrogen) atoms. The molecule has 0 spiro atoms. The van der Waals surface area contributed by atoms with Crippen molar-refractivity contribution in [3.8, 4) is 0 Å². The predicted molar refractivity (Wildman–Crippen MR) is 97.8 cm³/mol. The lowest BCUT2D eigenvalue weighted by Gasteiger charge is -2.25. The number of fused-ring (bicyclic) bond motifs is 1. The predicted octanol–water partition coefficient (Wildman–Crippen LogP) is 3.43. The Labute approximate surface area is 148 Å². The zero-order chi connectivity index (χ0) is 18.2. The molecule has 5 nitrogen and oxygen atoms in total. The van der Waals surface area contributed by atoms with Crippen LogP contribution in [0.5, 0.6) is 0 Å². The lowest BCUT2D eigenvalue weighted by Crippen LogP contribution is -2.38. The lowest BCUT2D eigenvalue weighted by atomic mass is 10.1. The summed E-state index contributed by atoms with van der Waals surface area (Å²) in [5.74, 6) is -1.66. The first kappa shape index (κ1) is 18.9. The van der Waals surface area contributed by atoms with Crippen LogP contribution in [0.4, 0.5) is 0 Å². The number of rotatable bonds is 9. The van der Waals surface area contributed by atoms with Crippen molar-refractivity contribution >= 4 is 22.6 Å². The number of carboxylic acids is 1. The Morgan fingerprint density at radius 3 is 2.56 bits per heavy atom. The van der Waals surface area contributed by atoms with Crippen molar-refractivity contribution in [2.24, 2.45) is 5.92 Å². The lowest BCUT2D eigenvalue weighted by molar-refractivity contribution is -0.141. The number of carbonyl (C=O) groups is 2. The number of hydrogen-bond acceptors (Lipinski definition) is 3. The molecule has 2 rings (SSSR count). The highest BCUT2D eigenvalue weighted by molar-refractivity contribution is 5.98. The maximum absolute atomic E-state index is 12.9. The summed E-state index contributed by atoms with van der Waals surface area (Å²) in [5.41, 5.74) is 0.577. The van der Waals surface area contributed by atoms with Crippen molar-refractivity contribution < 1.29 is 19.4 Å². The van der Waals surface area contributed by atoms with E-state index in [0.29, 0.717) is 31.7 Å². The fourth-order valence-corrected chi connectivity index (χ4v) is 2.69. The van der Waals surface area contributed by atoms with Crippen molar-refractivity contribution in [1.82, 2.24) is 4.90 Å². The molecule has 0 aliphatic heterocycles. The van der Waals surface area contributed by atoms with Gasteiger partial charge in [-0.05, 0) is 36.2 Å². The molecule has 134 valence electrons. The van der Waals surface area contributed by atoms with E-state index in [1.54, 1.807) is 17.9 Å². The highest BCUT2D eigenvalue weighted by atomic mass is 16.5. The standard InChI is InChI=1S/C20H25NO4/c1-3-25-12-6-11-21(14-15(2)20(23)24)19(22)18-10-9-16-7-4-5-8-17(16)13-18/h4-5,7-10,13,15H,3,6,11-12,14H2,1-2H3,(H,23,24). The van der Waals surface area contributed by atoms with Crippen molar-refractivity contribution in [2.45, 2.75) is 20.3 Å². The van der Waals surface area contributed by atoms with Gasteiger partial charge in [0.1, 0.15) is 0 Å². The number of carboxylic acid groups (broad SMARTS) is 1. The SMILES string of the molecule is CCOCCCN(CC(C)C(=O)O)C(=O)c1ccc2ccccc2c1. The molecule has 1 amide bonds. The maximum Gasteiger partial charge on any atom is 0.308 e. The summed E-state index contributed by atoms with van der Waals surface area (Å²) >= 11 is 0. The maximum atomic E-state index is 12.9. The monoisotopic (exact) mass is 343 g/mol. The Morgan fingerprint density at radius 2 is 1.88 bits per heavy atom. The molecule has 1 unspecified atom stereocenters. The summed E-state index contributed by atoms with van der Waals surface area (Å²) in [6.45, 7) is 5.38. The smallest absolute Gasteiger partial charge is 0.308 e. The Hall–Kier alpha value is -2.40. The zero-order valence-electron chi connectivity index (χ0n) is 14.8. The molecule has 0 radical (unpaired) electrons. The Kier molecular flexibility index (Phi) is 6.95. The Balaban J connectivity index is 2.17. The van der Waals surface area contributed by atoms with Crippen LogP contribution in [0, 0.1) is 5.92 Å². The van der Waals surface area contributed by atoms with Crippen LogP contribution >= 0.6 is 0 Å². The van der Waals surface area contributed by atoms with Crippen molar-refractivity contribution in [1.29, 1.82) is 0 Å². The van der Waals surface area contributed by atoms with E-state index in [9.17, 15) is 14.7 Å². The molecule has 1 N–H and O–H groups in total. The zero-order valence-corrected chi connectivity index (χ0v) is 14.8. The highest BCUT2D eigenvalue weighted by Crippen LogP contribution is 2.17. The number of amides is 1. The summed E-state index contributed by atoms with van der Waals surface area (Å²) in [5, 5.41) is 11.2. The average molecular weight is 343 g/mol. The molecule has 2 aromatic rings. The third-order valence-electron chi connectivity index (χ3n) is 4.12. The highest BCUT2D eigenvalue weighted by Gasteiger charge is 2.21. The number of ether oxygens (including phenoxy) is 1. The van der Waals surface area contributed by atoms with E-state index in [4.69, 9.17) is 4.74 Å². The van der Waals surface area contributed by atoms with Gasteiger partial charge in [-0.15, -0.1) is 0 Å². The van der Waals surface area contributed by atoms with E-state index in [1.807, 2.05) is 43.3 Å². The minimum Gasteiger partial charge on any atom is -0.481 e. The summed E-state index contributed by atoms with van der Waals surface area (Å²) in [7, 11) is 0. The van der Waals surface area contributed by atoms with Crippen LogP contribution in [-0.4, -0.2) is 48.2 Å². The molecule has 2 aromatic carbocycles. The van der Waals surface area contributed by atoms with Gasteiger partial charge in [0.2, 0.25) is 0 Å². The van der Waals surface area contributed by atoms with E-state index in [-0.39, 0.29) is 12.5 Å². The summed E-state index contributed by atoms with van der Waals surface area (Å²) in [4.78, 5) is 25.7. The van der Waals surface area contributed by atoms with Gasteiger partial charge in [-0.2, -0.15) is 0 Å². The molecule has 0 saturated heterocycles. The van der Waals surface area contributed by atoms with E-state index in [2.05, 4.69) is 0 Å². The average Bonchev–Trinajstić information content (AvgIpc) is 2.63. The van der Waals surface area contributed by atoms with Gasteiger partial charge < -0.3 is 14.7 Å². The van der Waals surface area contributed by atoms with Gasteiger partial charge in [-0.3, -0.25) is 9.59 Å². The van der Waals surface area contributed by atoms with Gasteiger partial charge in [-0.25, -0.2) is 0 Å². The van der Waals surface area contributed by atoms with Crippen LogP contribution in [0.1, 0.15) is 30.6 Å². The fraction of sp³-hybridized carbons (Fsp3) is 0.400. The molecule has 0 aromatic heterocycles. The van der Waals surface area contributed by atoms with Crippen LogP contribution in [-0.2, 0) is 9.53 Å². The molecule has 0 heterocycles. The molecule has 5 heteroatoms. The molecule has 0 saturated carbocycles. The van der Waals surface area contributed by atoms with Gasteiger partial charge in [0.05, 0.1) is 5.92 Å². The summed E-state index contributed by atoms with van der Waals surface area (Å²) in [6, 6.07) is 13.4. The molecule has 0 bridgehead atoms. The van der Waals surface area contributed by atoms with E-state index < -0.39 is 11.9 Å². The third-order valence-corrected chi connectivity index (χ3v) is 4.12. The first-order chi connectivity index (χ1) is 12.0. The second kappa shape index (κ2) is 9.18. The topological polar surface area (TPSA) is 66.8 Å². The second-order valence-corrected chi connectivity index (χ2v) is 6.10. The number of aliphatic carboxylic acids is 1. The summed E-state index contributed by atoms with van der Waals surface area (Å²) < 4.78 is 5.33. The van der Waals surface area contributed by atoms with Crippen LogP contribution in [0.3, 0.4) is 0 Å². The van der Waals surface area contributed by atoms with E-state index >= 15 is 0 Å². The Bertz CT molecular complexity index is 728. The first-order valence-electron chi connectivity index (χ1n) is 8.61. The minimum absolute atomic E-state index is 0.143. The normalized spacial score (nSPS) is 12.1. The van der Waals surface area contributed by atoms with Gasteiger partial charge in [-0.1, -0.05) is 37.3 Å². The number of carbonyl (C=O) groups excluding carboxylic acids is 1. The summed E-state index contributed by atoms with van der Waals surface area (Å²) in [6.07, 6.45) is 0.680. The number of hydrogen-bond donors (Lipinski definition) is 1. The molecular formula is C20H25NO4. The molecule has 1 atom stereocenters. The largest absolute Gasteiger partial charge is 0.481 e. The van der Waals surface area contributed by atoms with Gasteiger partial charge in [0.15, 0.2) is 0 Å². The van der Waals surface area contributed by atoms with Crippen LogP contribution in [0.25, 0.3) is 10.8 Å². The van der Waals surface area contributed by atoms with Crippen molar-refractivity contribution in [2.75, 3.05) is 26.3 Å². The van der Waals surface area contributed by atoms with Crippen molar-refractivity contribution in [3.05, 3.63) is 48.0 Å². The fourth-order valence-electron chi connectivity index (χ4n) is 2.69. The number of nitrogens with zero attached hydrogens (tertiary/aromatic N) is 1. The van der Waals surface area contributed by atoms with E-state index in [1.165, 1.54) is 0 Å². The van der Waals surface area contributed by atoms with E-state index in [0.717, 1.165) is 10.8 Å². The number of benzene rings is 2. The van der Waals surface area contributed by atoms with Gasteiger partial charge >= 0.3 is 5.97 Å². The van der Waals surface area contributed by atoms with Crippen LogP contribution in [0.15, 0.2) is 42.5 Å². The minimum atomic E-state index is -0.902. The van der Waals surface area contributed by atoms with Crippen molar-refractivity contribution in [3.63, 3.8) is 0 Å². The Morgan fingerprint density at radius 1 is 1.16 bits per heavy atom. The molecule has 0 aliphatic carbocycles. The second-order valence-electron chi connectivity index (χ2n) is 6.10. The van der Waals surface area contributed by atoms with Gasteiger partial charge in [0, 0.05) is 31.9 Å². The van der Waals surface area contributed by atoms with Crippen LogP contribution in [0.2, 0.25) is 0 Å². The van der Waals surface area contributed by atoms with Crippen LogP contribution < -0.4 is 0 Å². The molecule has 0 aliphatic rings. The quantitative estimate of drug-likeness (QED) is 0.708. The third kappa shape index (κ3) is 5.29.